The Bertz CT molecular complexity index is 504. The number of carbonyl (C=O) groups excluding carboxylic acids is 1. The predicted molar refractivity (Wildman–Crippen MR) is 96.1 cm³/mol. The summed E-state index contributed by atoms with van der Waals surface area (Å²) in [6.45, 7) is 9.45. The highest BCUT2D eigenvalue weighted by atomic mass is 32.2. The fourth-order valence-electron chi connectivity index (χ4n) is 2.80. The zero-order chi connectivity index (χ0) is 16.8. The number of rotatable bonds is 7. The number of hydrogen-bond donors (Lipinski definition) is 1. The van der Waals surface area contributed by atoms with E-state index in [2.05, 4.69) is 24.1 Å². The molecule has 1 aliphatic heterocycles. The SMILES string of the molecule is COc1ccc(S[C@H](C)C(=O)NC[C@H]2CCN(C(C)C)C2)cc1. The third-order valence-electron chi connectivity index (χ3n) is 4.35. The quantitative estimate of drug-likeness (QED) is 0.777. The van der Waals surface area contributed by atoms with Gasteiger partial charge in [-0.25, -0.2) is 0 Å². The maximum absolute atomic E-state index is 12.3. The second kappa shape index (κ2) is 8.60. The van der Waals surface area contributed by atoms with Gasteiger partial charge in [-0.2, -0.15) is 0 Å². The highest BCUT2D eigenvalue weighted by Crippen LogP contribution is 2.25. The van der Waals surface area contributed by atoms with Crippen LogP contribution in [0.1, 0.15) is 27.2 Å². The largest absolute Gasteiger partial charge is 0.497 e. The summed E-state index contributed by atoms with van der Waals surface area (Å²) >= 11 is 1.58. The predicted octanol–water partition coefficient (Wildman–Crippen LogP) is 3.02. The van der Waals surface area contributed by atoms with Crippen molar-refractivity contribution < 1.29 is 9.53 Å². The lowest BCUT2D eigenvalue weighted by Gasteiger charge is -2.20. The Morgan fingerprint density at radius 2 is 2.04 bits per heavy atom. The molecule has 1 N–H and O–H groups in total. The molecule has 2 atom stereocenters. The van der Waals surface area contributed by atoms with Crippen molar-refractivity contribution in [1.82, 2.24) is 10.2 Å². The zero-order valence-corrected chi connectivity index (χ0v) is 15.4. The lowest BCUT2D eigenvalue weighted by molar-refractivity contribution is -0.120. The summed E-state index contributed by atoms with van der Waals surface area (Å²) < 4.78 is 5.15. The number of nitrogens with one attached hydrogen (secondary N) is 1. The van der Waals surface area contributed by atoms with Gasteiger partial charge >= 0.3 is 0 Å². The lowest BCUT2D eigenvalue weighted by atomic mass is 10.1. The fraction of sp³-hybridized carbons (Fsp3) is 0.611. The topological polar surface area (TPSA) is 41.6 Å². The van der Waals surface area contributed by atoms with Crippen LogP contribution in [0.5, 0.6) is 5.75 Å². The molecule has 0 saturated carbocycles. The Hall–Kier alpha value is -1.20. The summed E-state index contributed by atoms with van der Waals surface area (Å²) in [4.78, 5) is 15.8. The summed E-state index contributed by atoms with van der Waals surface area (Å²) in [5, 5.41) is 3.02. The van der Waals surface area contributed by atoms with E-state index >= 15 is 0 Å². The molecule has 4 nitrogen and oxygen atoms in total. The van der Waals surface area contributed by atoms with Crippen molar-refractivity contribution >= 4 is 17.7 Å². The van der Waals surface area contributed by atoms with Crippen LogP contribution in [-0.4, -0.2) is 48.8 Å². The van der Waals surface area contributed by atoms with E-state index in [4.69, 9.17) is 4.74 Å². The molecule has 1 aromatic carbocycles. The minimum Gasteiger partial charge on any atom is -0.497 e. The number of amides is 1. The van der Waals surface area contributed by atoms with Crippen LogP contribution in [0.4, 0.5) is 0 Å². The van der Waals surface area contributed by atoms with Crippen molar-refractivity contribution in [2.24, 2.45) is 5.92 Å². The van der Waals surface area contributed by atoms with Crippen LogP contribution in [0.15, 0.2) is 29.2 Å². The molecular formula is C18H28N2O2S. The zero-order valence-electron chi connectivity index (χ0n) is 14.5. The average molecular weight is 337 g/mol. The monoisotopic (exact) mass is 336 g/mol. The molecule has 1 aromatic rings. The lowest BCUT2D eigenvalue weighted by Crippen LogP contribution is -2.36. The molecular weight excluding hydrogens is 308 g/mol. The number of carbonyl (C=O) groups is 1. The highest BCUT2D eigenvalue weighted by Gasteiger charge is 2.25. The van der Waals surface area contributed by atoms with Gasteiger partial charge in [-0.3, -0.25) is 4.79 Å². The number of thioether (sulfide) groups is 1. The van der Waals surface area contributed by atoms with E-state index in [0.29, 0.717) is 12.0 Å². The molecule has 1 aliphatic rings. The number of likely N-dealkylation sites (tertiary alicyclic amines) is 1. The maximum atomic E-state index is 12.3. The van der Waals surface area contributed by atoms with Crippen molar-refractivity contribution in [1.29, 1.82) is 0 Å². The van der Waals surface area contributed by atoms with Gasteiger partial charge in [-0.1, -0.05) is 0 Å². The number of methoxy groups -OCH3 is 1. The van der Waals surface area contributed by atoms with Crippen LogP contribution in [0.3, 0.4) is 0 Å². The van der Waals surface area contributed by atoms with Gasteiger partial charge in [0.15, 0.2) is 0 Å². The Morgan fingerprint density at radius 1 is 1.35 bits per heavy atom. The molecule has 0 aliphatic carbocycles. The summed E-state index contributed by atoms with van der Waals surface area (Å²) in [6.07, 6.45) is 1.18. The first-order valence-corrected chi connectivity index (χ1v) is 9.20. The number of ether oxygens (including phenoxy) is 1. The fourth-order valence-corrected chi connectivity index (χ4v) is 3.69. The first kappa shape index (κ1) is 18.1. The standard InChI is InChI=1S/C18H28N2O2S/c1-13(2)20-10-9-15(12-20)11-19-18(21)14(3)23-17-7-5-16(22-4)6-8-17/h5-8,13-15H,9-12H2,1-4H3,(H,19,21)/t14-,15-/m1/s1. The molecule has 0 aromatic heterocycles. The van der Waals surface area contributed by atoms with E-state index < -0.39 is 0 Å². The number of hydrogen-bond acceptors (Lipinski definition) is 4. The van der Waals surface area contributed by atoms with Crippen LogP contribution in [-0.2, 0) is 4.79 Å². The Balaban J connectivity index is 1.74. The van der Waals surface area contributed by atoms with E-state index in [0.717, 1.165) is 30.3 Å². The van der Waals surface area contributed by atoms with Gasteiger partial charge in [0.05, 0.1) is 12.4 Å². The highest BCUT2D eigenvalue weighted by molar-refractivity contribution is 8.00. The van der Waals surface area contributed by atoms with Crippen LogP contribution < -0.4 is 10.1 Å². The first-order chi connectivity index (χ1) is 11.0. The maximum Gasteiger partial charge on any atom is 0.233 e. The Labute approximate surface area is 144 Å². The molecule has 1 saturated heterocycles. The molecule has 1 amide bonds. The van der Waals surface area contributed by atoms with Crippen molar-refractivity contribution in [2.45, 2.75) is 43.4 Å². The second-order valence-electron chi connectivity index (χ2n) is 6.42. The molecule has 0 unspecified atom stereocenters. The summed E-state index contributed by atoms with van der Waals surface area (Å²) in [5.74, 6) is 1.54. The molecule has 5 heteroatoms. The number of nitrogens with zero attached hydrogens (tertiary/aromatic N) is 1. The number of benzene rings is 1. The van der Waals surface area contributed by atoms with Gasteiger partial charge in [0, 0.05) is 24.0 Å². The van der Waals surface area contributed by atoms with E-state index in [-0.39, 0.29) is 11.2 Å². The second-order valence-corrected chi connectivity index (χ2v) is 7.84. The normalized spacial score (nSPS) is 19.8. The molecule has 128 valence electrons. The smallest absolute Gasteiger partial charge is 0.233 e. The molecule has 23 heavy (non-hydrogen) atoms. The van der Waals surface area contributed by atoms with Gasteiger partial charge in [-0.15, -0.1) is 11.8 Å². The summed E-state index contributed by atoms with van der Waals surface area (Å²) in [7, 11) is 1.65. The third kappa shape index (κ3) is 5.43. The van der Waals surface area contributed by atoms with Crippen molar-refractivity contribution in [3.8, 4) is 5.75 Å². The minimum atomic E-state index is -0.0917. The molecule has 0 bridgehead atoms. The van der Waals surface area contributed by atoms with E-state index in [1.807, 2.05) is 31.2 Å². The van der Waals surface area contributed by atoms with Crippen LogP contribution in [0.2, 0.25) is 0 Å². The Kier molecular flexibility index (Phi) is 6.78. The first-order valence-electron chi connectivity index (χ1n) is 8.32. The van der Waals surface area contributed by atoms with Crippen LogP contribution >= 0.6 is 11.8 Å². The third-order valence-corrected chi connectivity index (χ3v) is 5.47. The summed E-state index contributed by atoms with van der Waals surface area (Å²) in [6, 6.07) is 8.42. The molecule has 0 radical (unpaired) electrons. The van der Waals surface area contributed by atoms with E-state index in [1.54, 1.807) is 18.9 Å². The average Bonchev–Trinajstić information content (AvgIpc) is 3.02. The Morgan fingerprint density at radius 3 is 2.61 bits per heavy atom. The van der Waals surface area contributed by atoms with Crippen molar-refractivity contribution in [3.63, 3.8) is 0 Å². The van der Waals surface area contributed by atoms with E-state index in [9.17, 15) is 4.79 Å². The molecule has 2 rings (SSSR count). The molecule has 1 fully saturated rings. The van der Waals surface area contributed by atoms with Crippen molar-refractivity contribution in [2.75, 3.05) is 26.7 Å². The minimum absolute atomic E-state index is 0.0917. The van der Waals surface area contributed by atoms with Gasteiger partial charge < -0.3 is 15.0 Å². The van der Waals surface area contributed by atoms with Crippen LogP contribution in [0.25, 0.3) is 0 Å². The van der Waals surface area contributed by atoms with Crippen molar-refractivity contribution in [3.05, 3.63) is 24.3 Å². The van der Waals surface area contributed by atoms with Gasteiger partial charge in [0.1, 0.15) is 5.75 Å². The van der Waals surface area contributed by atoms with Gasteiger partial charge in [0.25, 0.3) is 0 Å². The van der Waals surface area contributed by atoms with Gasteiger partial charge in [-0.05, 0) is 63.9 Å². The molecule has 0 spiro atoms. The van der Waals surface area contributed by atoms with Gasteiger partial charge in [0.2, 0.25) is 5.91 Å². The van der Waals surface area contributed by atoms with Crippen LogP contribution in [0, 0.1) is 5.92 Å². The summed E-state index contributed by atoms with van der Waals surface area (Å²) in [5.41, 5.74) is 0. The van der Waals surface area contributed by atoms with E-state index in [1.165, 1.54) is 6.42 Å². The molecule has 1 heterocycles.